The van der Waals surface area contributed by atoms with Crippen LogP contribution in [0.3, 0.4) is 0 Å². The van der Waals surface area contributed by atoms with Crippen LogP contribution in [0.15, 0.2) is 41.3 Å². The summed E-state index contributed by atoms with van der Waals surface area (Å²) in [5.74, 6) is 1.28. The van der Waals surface area contributed by atoms with Gasteiger partial charge in [0, 0.05) is 10.6 Å². The molecule has 1 aromatic rings. The van der Waals surface area contributed by atoms with Gasteiger partial charge in [-0.25, -0.2) is 4.79 Å². The van der Waals surface area contributed by atoms with E-state index in [9.17, 15) is 4.79 Å². The van der Waals surface area contributed by atoms with Crippen LogP contribution in [0.2, 0.25) is 0 Å². The number of ether oxygens (including phenoxy) is 2. The Bertz CT molecular complexity index is 475. The lowest BCUT2D eigenvalue weighted by Gasteiger charge is -2.10. The van der Waals surface area contributed by atoms with Gasteiger partial charge in [0.25, 0.3) is 0 Å². The van der Waals surface area contributed by atoms with E-state index in [0.717, 1.165) is 22.0 Å². The molecule has 0 spiro atoms. The predicted octanol–water partition coefficient (Wildman–Crippen LogP) is 3.26. The SMILES string of the molecule is C=C(C)C/S(=C\C(=O)OCC)c1ccc(OC)cc1. The number of carbonyl (C=O) groups excluding carboxylic acids is 1. The van der Waals surface area contributed by atoms with E-state index in [0.29, 0.717) is 6.61 Å². The summed E-state index contributed by atoms with van der Waals surface area (Å²) in [5, 5.41) is 1.64. The van der Waals surface area contributed by atoms with E-state index >= 15 is 0 Å². The third-order valence-electron chi connectivity index (χ3n) is 2.29. The molecule has 4 heteroatoms. The molecule has 1 aromatic carbocycles. The molecule has 0 heterocycles. The second kappa shape index (κ2) is 7.79. The van der Waals surface area contributed by atoms with Crippen molar-refractivity contribution in [1.29, 1.82) is 0 Å². The van der Waals surface area contributed by atoms with Crippen molar-refractivity contribution in [2.24, 2.45) is 0 Å². The van der Waals surface area contributed by atoms with Gasteiger partial charge in [-0.3, -0.25) is 0 Å². The minimum Gasteiger partial charge on any atom is -0.497 e. The second-order valence-electron chi connectivity index (χ2n) is 4.08. The van der Waals surface area contributed by atoms with Crippen molar-refractivity contribution in [3.05, 3.63) is 36.4 Å². The van der Waals surface area contributed by atoms with E-state index in [4.69, 9.17) is 9.47 Å². The molecule has 1 unspecified atom stereocenters. The molecule has 104 valence electrons. The molecule has 0 fully saturated rings. The quantitative estimate of drug-likeness (QED) is 0.456. The van der Waals surface area contributed by atoms with Crippen LogP contribution in [-0.4, -0.2) is 30.8 Å². The van der Waals surface area contributed by atoms with Gasteiger partial charge in [-0.1, -0.05) is 12.2 Å². The Hall–Kier alpha value is -1.55. The molecule has 0 aromatic heterocycles. The summed E-state index contributed by atoms with van der Waals surface area (Å²) in [6.45, 7) is 8.07. The van der Waals surface area contributed by atoms with Gasteiger partial charge in [-0.05, 0) is 38.1 Å². The Morgan fingerprint density at radius 2 is 2.00 bits per heavy atom. The van der Waals surface area contributed by atoms with Crippen molar-refractivity contribution < 1.29 is 14.3 Å². The van der Waals surface area contributed by atoms with E-state index in [2.05, 4.69) is 6.58 Å². The highest BCUT2D eigenvalue weighted by Crippen LogP contribution is 2.29. The van der Waals surface area contributed by atoms with Crippen molar-refractivity contribution >= 4 is 21.8 Å². The molecule has 0 saturated heterocycles. The highest BCUT2D eigenvalue weighted by Gasteiger charge is 2.05. The molecule has 0 aliphatic carbocycles. The summed E-state index contributed by atoms with van der Waals surface area (Å²) in [6.07, 6.45) is 0. The molecule has 19 heavy (non-hydrogen) atoms. The third kappa shape index (κ3) is 5.30. The Balaban J connectivity index is 3.01. The molecule has 3 nitrogen and oxygen atoms in total. The fraction of sp³-hybridized carbons (Fsp3) is 0.333. The first-order chi connectivity index (χ1) is 9.06. The van der Waals surface area contributed by atoms with Crippen LogP contribution in [0.4, 0.5) is 0 Å². The Kier molecular flexibility index (Phi) is 6.36. The van der Waals surface area contributed by atoms with Crippen LogP contribution < -0.4 is 4.74 Å². The maximum Gasteiger partial charge on any atom is 0.336 e. The zero-order valence-electron chi connectivity index (χ0n) is 11.6. The van der Waals surface area contributed by atoms with Crippen LogP contribution in [0.25, 0.3) is 0 Å². The van der Waals surface area contributed by atoms with E-state index in [-0.39, 0.29) is 16.5 Å². The van der Waals surface area contributed by atoms with Crippen LogP contribution in [-0.2, 0) is 9.53 Å². The lowest BCUT2D eigenvalue weighted by atomic mass is 10.3. The molecule has 0 N–H and O–H groups in total. The van der Waals surface area contributed by atoms with Gasteiger partial charge in [0.1, 0.15) is 5.75 Å². The van der Waals surface area contributed by atoms with Crippen LogP contribution in [0.1, 0.15) is 13.8 Å². The van der Waals surface area contributed by atoms with E-state index in [1.54, 1.807) is 19.4 Å². The van der Waals surface area contributed by atoms with E-state index in [1.807, 2.05) is 31.2 Å². The van der Waals surface area contributed by atoms with Gasteiger partial charge in [0.05, 0.1) is 19.1 Å². The molecule has 0 saturated carbocycles. The number of methoxy groups -OCH3 is 1. The van der Waals surface area contributed by atoms with E-state index < -0.39 is 0 Å². The normalized spacial score (nSPS) is 11.9. The maximum absolute atomic E-state index is 11.6. The van der Waals surface area contributed by atoms with Gasteiger partial charge >= 0.3 is 5.97 Å². The van der Waals surface area contributed by atoms with Gasteiger partial charge in [-0.15, -0.1) is 10.5 Å². The minimum absolute atomic E-state index is 0.275. The zero-order chi connectivity index (χ0) is 14.3. The molecule has 0 bridgehead atoms. The number of hydrogen-bond acceptors (Lipinski definition) is 3. The number of rotatable bonds is 6. The lowest BCUT2D eigenvalue weighted by molar-refractivity contribution is -0.134. The van der Waals surface area contributed by atoms with E-state index in [1.165, 1.54) is 0 Å². The Morgan fingerprint density at radius 3 is 2.47 bits per heavy atom. The molecule has 0 radical (unpaired) electrons. The van der Waals surface area contributed by atoms with Gasteiger partial charge < -0.3 is 9.47 Å². The first-order valence-electron chi connectivity index (χ1n) is 6.06. The summed E-state index contributed by atoms with van der Waals surface area (Å²) >= 11 is 0. The summed E-state index contributed by atoms with van der Waals surface area (Å²) < 4.78 is 10.1. The highest BCUT2D eigenvalue weighted by molar-refractivity contribution is 8.16. The number of benzene rings is 1. The van der Waals surface area contributed by atoms with Crippen molar-refractivity contribution in [2.75, 3.05) is 19.5 Å². The molecular weight excluding hydrogens is 260 g/mol. The molecule has 1 atom stereocenters. The van der Waals surface area contributed by atoms with Crippen molar-refractivity contribution in [1.82, 2.24) is 0 Å². The zero-order valence-corrected chi connectivity index (χ0v) is 12.5. The summed E-state index contributed by atoms with van der Waals surface area (Å²) in [4.78, 5) is 12.7. The summed E-state index contributed by atoms with van der Waals surface area (Å²) in [6, 6.07) is 7.74. The molecule has 0 aliphatic rings. The van der Waals surface area contributed by atoms with Crippen molar-refractivity contribution in [3.63, 3.8) is 0 Å². The minimum atomic E-state index is -0.314. The fourth-order valence-corrected chi connectivity index (χ4v) is 3.20. The standard InChI is InChI=1S/C15H20O3S/c1-5-18-15(16)11-19(10-12(2)3)14-8-6-13(17-4)7-9-14/h6-9,11H,2,5,10H2,1,3-4H3. The Morgan fingerprint density at radius 1 is 1.37 bits per heavy atom. The first kappa shape index (κ1) is 15.5. The van der Waals surface area contributed by atoms with Crippen molar-refractivity contribution in [2.45, 2.75) is 18.7 Å². The predicted molar refractivity (Wildman–Crippen MR) is 81.2 cm³/mol. The smallest absolute Gasteiger partial charge is 0.336 e. The van der Waals surface area contributed by atoms with Crippen LogP contribution >= 0.6 is 10.5 Å². The third-order valence-corrected chi connectivity index (χ3v) is 4.45. The van der Waals surface area contributed by atoms with Crippen LogP contribution in [0.5, 0.6) is 5.75 Å². The average molecular weight is 280 g/mol. The highest BCUT2D eigenvalue weighted by atomic mass is 32.2. The largest absolute Gasteiger partial charge is 0.497 e. The Labute approximate surface area is 117 Å². The first-order valence-corrected chi connectivity index (χ1v) is 7.52. The van der Waals surface area contributed by atoms with Crippen molar-refractivity contribution in [3.8, 4) is 5.75 Å². The molecular formula is C15H20O3S. The second-order valence-corrected chi connectivity index (χ2v) is 5.93. The lowest BCUT2D eigenvalue weighted by Crippen LogP contribution is -2.06. The van der Waals surface area contributed by atoms with Crippen LogP contribution in [0, 0.1) is 0 Å². The van der Waals surface area contributed by atoms with Gasteiger partial charge in [0.15, 0.2) is 0 Å². The maximum atomic E-state index is 11.6. The fourth-order valence-electron chi connectivity index (χ4n) is 1.50. The monoisotopic (exact) mass is 280 g/mol. The topological polar surface area (TPSA) is 35.5 Å². The number of carbonyl (C=O) groups is 1. The molecule has 1 rings (SSSR count). The summed E-state index contributed by atoms with van der Waals surface area (Å²) in [7, 11) is 1.32. The number of esters is 1. The molecule has 0 aliphatic heterocycles. The average Bonchev–Trinajstić information content (AvgIpc) is 2.38. The summed E-state index contributed by atoms with van der Waals surface area (Å²) in [5.41, 5.74) is 1.04. The number of hydrogen-bond donors (Lipinski definition) is 0. The van der Waals surface area contributed by atoms with Gasteiger partial charge in [0.2, 0.25) is 0 Å². The molecule has 0 amide bonds. The van der Waals surface area contributed by atoms with Gasteiger partial charge in [-0.2, -0.15) is 0 Å².